The van der Waals surface area contributed by atoms with Crippen molar-refractivity contribution in [2.24, 2.45) is 0 Å². The summed E-state index contributed by atoms with van der Waals surface area (Å²) >= 11 is 0. The second-order valence-electron chi connectivity index (χ2n) is 4.87. The third kappa shape index (κ3) is 1.92. The predicted octanol–water partition coefficient (Wildman–Crippen LogP) is 1.89. The third-order valence-corrected chi connectivity index (χ3v) is 3.60. The number of aromatic nitrogens is 2. The molecule has 1 aliphatic heterocycles. The minimum Gasteiger partial charge on any atom is -0.467 e. The minimum absolute atomic E-state index is 0.0538. The molecule has 0 saturated carbocycles. The van der Waals surface area contributed by atoms with Gasteiger partial charge >= 0.3 is 0 Å². The third-order valence-electron chi connectivity index (χ3n) is 3.60. The van der Waals surface area contributed by atoms with E-state index in [-0.39, 0.29) is 11.9 Å². The molecule has 1 N–H and O–H groups in total. The number of carbonyl (C=O) groups excluding carboxylic acids is 1. The Labute approximate surface area is 116 Å². The van der Waals surface area contributed by atoms with Crippen molar-refractivity contribution in [2.75, 3.05) is 20.3 Å². The molecule has 0 saturated heterocycles. The second-order valence-corrected chi connectivity index (χ2v) is 4.87. The van der Waals surface area contributed by atoms with Crippen LogP contribution in [0.5, 0.6) is 0 Å². The Morgan fingerprint density at radius 2 is 2.40 bits per heavy atom. The van der Waals surface area contributed by atoms with Gasteiger partial charge in [0.2, 0.25) is 0 Å². The smallest absolute Gasteiger partial charge is 0.275 e. The molecule has 0 bridgehead atoms. The SMILES string of the molecule is COCCCN1C(=O)c2n[nH]c(C)c2C1c1ccco1. The largest absolute Gasteiger partial charge is 0.467 e. The number of ether oxygens (including phenoxy) is 1. The number of aryl methyl sites for hydroxylation is 1. The topological polar surface area (TPSA) is 71.4 Å². The Morgan fingerprint density at radius 1 is 1.55 bits per heavy atom. The molecule has 3 rings (SSSR count). The number of carbonyl (C=O) groups is 1. The Morgan fingerprint density at radius 3 is 3.10 bits per heavy atom. The van der Waals surface area contributed by atoms with Crippen LogP contribution in [0, 0.1) is 6.92 Å². The van der Waals surface area contributed by atoms with Crippen LogP contribution in [-0.2, 0) is 4.74 Å². The number of hydrogen-bond donors (Lipinski definition) is 1. The van der Waals surface area contributed by atoms with Gasteiger partial charge in [-0.15, -0.1) is 0 Å². The molecule has 0 fully saturated rings. The zero-order chi connectivity index (χ0) is 14.1. The number of nitrogens with zero attached hydrogens (tertiary/aromatic N) is 2. The maximum absolute atomic E-state index is 12.5. The van der Waals surface area contributed by atoms with E-state index in [2.05, 4.69) is 10.2 Å². The van der Waals surface area contributed by atoms with Crippen LogP contribution in [0.15, 0.2) is 22.8 Å². The lowest BCUT2D eigenvalue weighted by Crippen LogP contribution is -2.31. The molecule has 6 heteroatoms. The summed E-state index contributed by atoms with van der Waals surface area (Å²) in [6.07, 6.45) is 2.41. The molecule has 0 aliphatic carbocycles. The van der Waals surface area contributed by atoms with E-state index in [1.54, 1.807) is 18.3 Å². The summed E-state index contributed by atoms with van der Waals surface area (Å²) in [5.41, 5.74) is 2.33. The van der Waals surface area contributed by atoms with Gasteiger partial charge in [0.15, 0.2) is 5.69 Å². The van der Waals surface area contributed by atoms with E-state index >= 15 is 0 Å². The summed E-state index contributed by atoms with van der Waals surface area (Å²) in [6.45, 7) is 3.17. The molecule has 2 aromatic heterocycles. The maximum atomic E-state index is 12.5. The normalized spacial score (nSPS) is 17.8. The van der Waals surface area contributed by atoms with Gasteiger partial charge in [-0.25, -0.2) is 0 Å². The monoisotopic (exact) mass is 275 g/mol. The van der Waals surface area contributed by atoms with Gasteiger partial charge in [0.25, 0.3) is 5.91 Å². The lowest BCUT2D eigenvalue weighted by molar-refractivity contribution is 0.0708. The highest BCUT2D eigenvalue weighted by molar-refractivity contribution is 5.98. The van der Waals surface area contributed by atoms with Crippen molar-refractivity contribution in [3.8, 4) is 0 Å². The van der Waals surface area contributed by atoms with Crippen LogP contribution in [0.4, 0.5) is 0 Å². The standard InChI is InChI=1S/C14H17N3O3/c1-9-11-12(16-15-9)14(18)17(6-4-7-19-2)13(11)10-5-3-8-20-10/h3,5,8,13H,4,6-7H2,1-2H3,(H,15,16). The van der Waals surface area contributed by atoms with E-state index in [1.807, 2.05) is 19.1 Å². The summed E-state index contributed by atoms with van der Waals surface area (Å²) in [4.78, 5) is 14.3. The highest BCUT2D eigenvalue weighted by Crippen LogP contribution is 2.39. The van der Waals surface area contributed by atoms with Crippen LogP contribution in [0.25, 0.3) is 0 Å². The first kappa shape index (κ1) is 12.9. The molecular weight excluding hydrogens is 258 g/mol. The van der Waals surface area contributed by atoms with Gasteiger partial charge in [0.05, 0.1) is 6.26 Å². The van der Waals surface area contributed by atoms with E-state index in [0.29, 0.717) is 18.8 Å². The van der Waals surface area contributed by atoms with Gasteiger partial charge in [-0.3, -0.25) is 9.89 Å². The lowest BCUT2D eigenvalue weighted by atomic mass is 10.1. The van der Waals surface area contributed by atoms with E-state index in [9.17, 15) is 4.79 Å². The number of aromatic amines is 1. The van der Waals surface area contributed by atoms with Crippen molar-refractivity contribution in [1.29, 1.82) is 0 Å². The van der Waals surface area contributed by atoms with Gasteiger partial charge in [-0.05, 0) is 25.5 Å². The van der Waals surface area contributed by atoms with Gasteiger partial charge in [0.1, 0.15) is 11.8 Å². The minimum atomic E-state index is -0.192. The van der Waals surface area contributed by atoms with Crippen molar-refractivity contribution in [3.05, 3.63) is 41.1 Å². The quantitative estimate of drug-likeness (QED) is 0.846. The zero-order valence-corrected chi connectivity index (χ0v) is 11.5. The van der Waals surface area contributed by atoms with Crippen molar-refractivity contribution in [3.63, 3.8) is 0 Å². The van der Waals surface area contributed by atoms with Crippen molar-refractivity contribution >= 4 is 5.91 Å². The Hall–Kier alpha value is -2.08. The van der Waals surface area contributed by atoms with Crippen LogP contribution in [0.1, 0.15) is 40.0 Å². The van der Waals surface area contributed by atoms with Crippen molar-refractivity contribution < 1.29 is 13.9 Å². The number of rotatable bonds is 5. The van der Waals surface area contributed by atoms with Gasteiger partial charge in [-0.2, -0.15) is 5.10 Å². The fourth-order valence-electron chi connectivity index (χ4n) is 2.70. The molecule has 0 radical (unpaired) electrons. The number of fused-ring (bicyclic) bond motifs is 1. The first-order chi connectivity index (χ1) is 9.74. The molecule has 0 aromatic carbocycles. The van der Waals surface area contributed by atoms with E-state index in [1.165, 1.54) is 0 Å². The highest BCUT2D eigenvalue weighted by atomic mass is 16.5. The maximum Gasteiger partial charge on any atom is 0.275 e. The Balaban J connectivity index is 1.96. The van der Waals surface area contributed by atoms with Crippen molar-refractivity contribution in [1.82, 2.24) is 15.1 Å². The second kappa shape index (κ2) is 5.13. The Bertz CT molecular complexity index is 603. The first-order valence-corrected chi connectivity index (χ1v) is 6.62. The van der Waals surface area contributed by atoms with E-state index < -0.39 is 0 Å². The fraction of sp³-hybridized carbons (Fsp3) is 0.429. The molecule has 1 unspecified atom stereocenters. The molecule has 1 aliphatic rings. The van der Waals surface area contributed by atoms with Crippen LogP contribution in [0.2, 0.25) is 0 Å². The molecule has 106 valence electrons. The summed E-state index contributed by atoms with van der Waals surface area (Å²) in [5.74, 6) is 0.709. The molecule has 3 heterocycles. The zero-order valence-electron chi connectivity index (χ0n) is 11.5. The van der Waals surface area contributed by atoms with E-state index in [4.69, 9.17) is 9.15 Å². The molecule has 1 amide bonds. The van der Waals surface area contributed by atoms with Gasteiger partial charge in [0, 0.05) is 31.5 Å². The van der Waals surface area contributed by atoms with E-state index in [0.717, 1.165) is 23.4 Å². The Kier molecular flexibility index (Phi) is 3.31. The first-order valence-electron chi connectivity index (χ1n) is 6.62. The average molecular weight is 275 g/mol. The van der Waals surface area contributed by atoms with Gasteiger partial charge < -0.3 is 14.1 Å². The van der Waals surface area contributed by atoms with Gasteiger partial charge in [-0.1, -0.05) is 0 Å². The fourth-order valence-corrected chi connectivity index (χ4v) is 2.70. The number of H-pyrrole nitrogens is 1. The number of amides is 1. The molecule has 20 heavy (non-hydrogen) atoms. The molecular formula is C14H17N3O3. The molecule has 2 aromatic rings. The summed E-state index contributed by atoms with van der Waals surface area (Å²) < 4.78 is 10.6. The van der Waals surface area contributed by atoms with Crippen molar-refractivity contribution in [2.45, 2.75) is 19.4 Å². The number of nitrogens with one attached hydrogen (secondary N) is 1. The van der Waals surface area contributed by atoms with Crippen LogP contribution in [0.3, 0.4) is 0 Å². The summed E-state index contributed by atoms with van der Waals surface area (Å²) in [7, 11) is 1.66. The van der Waals surface area contributed by atoms with Crippen LogP contribution >= 0.6 is 0 Å². The number of hydrogen-bond acceptors (Lipinski definition) is 4. The highest BCUT2D eigenvalue weighted by Gasteiger charge is 2.42. The molecule has 0 spiro atoms. The summed E-state index contributed by atoms with van der Waals surface area (Å²) in [6, 6.07) is 3.53. The number of furan rings is 1. The van der Waals surface area contributed by atoms with Crippen LogP contribution in [-0.4, -0.2) is 41.3 Å². The molecule has 6 nitrogen and oxygen atoms in total. The molecule has 1 atom stereocenters. The average Bonchev–Trinajstić information content (AvgIpc) is 3.12. The number of methoxy groups -OCH3 is 1. The van der Waals surface area contributed by atoms with Crippen LogP contribution < -0.4 is 0 Å². The summed E-state index contributed by atoms with van der Waals surface area (Å²) in [5, 5.41) is 7.01. The lowest BCUT2D eigenvalue weighted by Gasteiger charge is -2.24. The predicted molar refractivity (Wildman–Crippen MR) is 71.4 cm³/mol.